The summed E-state index contributed by atoms with van der Waals surface area (Å²) >= 11 is 0. The zero-order valence-corrected chi connectivity index (χ0v) is 14.9. The fourth-order valence-corrected chi connectivity index (χ4v) is 3.30. The normalized spacial score (nSPS) is 11.3. The molecule has 0 radical (unpaired) electrons. The van der Waals surface area contributed by atoms with Crippen molar-refractivity contribution in [2.24, 2.45) is 0 Å². The van der Waals surface area contributed by atoms with Crippen molar-refractivity contribution in [1.82, 2.24) is 20.1 Å². The molecule has 2 aromatic heterocycles. The lowest BCUT2D eigenvalue weighted by Gasteiger charge is -2.22. The van der Waals surface area contributed by atoms with E-state index in [9.17, 15) is 0 Å². The average molecular weight is 342 g/mol. The summed E-state index contributed by atoms with van der Waals surface area (Å²) in [6, 6.07) is 21.3. The van der Waals surface area contributed by atoms with E-state index >= 15 is 0 Å². The molecule has 4 nitrogen and oxygen atoms in total. The molecular weight excluding hydrogens is 320 g/mol. The third-order valence-corrected chi connectivity index (χ3v) is 4.51. The topological polar surface area (TPSA) is 44.8 Å². The molecule has 0 spiro atoms. The Morgan fingerprint density at radius 3 is 2.58 bits per heavy atom. The first-order chi connectivity index (χ1) is 12.8. The number of nitrogens with zero attached hydrogens (tertiary/aromatic N) is 3. The van der Waals surface area contributed by atoms with Crippen LogP contribution in [0, 0.1) is 6.92 Å². The van der Waals surface area contributed by atoms with Gasteiger partial charge in [0.2, 0.25) is 0 Å². The van der Waals surface area contributed by atoms with Gasteiger partial charge in [0.1, 0.15) is 0 Å². The van der Waals surface area contributed by atoms with E-state index in [1.54, 1.807) is 0 Å². The van der Waals surface area contributed by atoms with Crippen molar-refractivity contribution in [3.8, 4) is 0 Å². The van der Waals surface area contributed by atoms with Crippen LogP contribution in [0.2, 0.25) is 0 Å². The van der Waals surface area contributed by atoms with Crippen molar-refractivity contribution in [1.29, 1.82) is 0 Å². The van der Waals surface area contributed by atoms with Gasteiger partial charge in [-0.2, -0.15) is 5.10 Å². The smallest absolute Gasteiger partial charge is 0.0653 e. The Morgan fingerprint density at radius 2 is 1.77 bits per heavy atom. The van der Waals surface area contributed by atoms with Crippen molar-refractivity contribution in [3.63, 3.8) is 0 Å². The Morgan fingerprint density at radius 1 is 0.885 bits per heavy atom. The van der Waals surface area contributed by atoms with Gasteiger partial charge in [0.25, 0.3) is 0 Å². The van der Waals surface area contributed by atoms with Crippen LogP contribution in [0.5, 0.6) is 0 Å². The number of aryl methyl sites for hydroxylation is 1. The molecule has 0 atom stereocenters. The fourth-order valence-electron chi connectivity index (χ4n) is 3.30. The van der Waals surface area contributed by atoms with Crippen molar-refractivity contribution < 1.29 is 0 Å². The predicted octanol–water partition coefficient (Wildman–Crippen LogP) is 4.47. The minimum Gasteiger partial charge on any atom is -0.289 e. The second-order valence-electron chi connectivity index (χ2n) is 6.75. The molecule has 4 aromatic rings. The van der Waals surface area contributed by atoms with E-state index < -0.39 is 0 Å². The van der Waals surface area contributed by atoms with Crippen LogP contribution in [0.25, 0.3) is 10.9 Å². The van der Waals surface area contributed by atoms with E-state index in [-0.39, 0.29) is 0 Å². The van der Waals surface area contributed by atoms with Crippen LogP contribution in [0.1, 0.15) is 22.4 Å². The lowest BCUT2D eigenvalue weighted by Crippen LogP contribution is -2.23. The van der Waals surface area contributed by atoms with E-state index in [0.717, 1.165) is 36.2 Å². The van der Waals surface area contributed by atoms with Gasteiger partial charge in [-0.25, -0.2) is 0 Å². The largest absolute Gasteiger partial charge is 0.289 e. The second-order valence-corrected chi connectivity index (χ2v) is 6.75. The van der Waals surface area contributed by atoms with Crippen molar-refractivity contribution >= 4 is 10.9 Å². The van der Waals surface area contributed by atoms with Gasteiger partial charge < -0.3 is 0 Å². The van der Waals surface area contributed by atoms with Gasteiger partial charge in [-0.15, -0.1) is 0 Å². The van der Waals surface area contributed by atoms with Crippen LogP contribution in [-0.4, -0.2) is 20.1 Å². The molecule has 2 heterocycles. The summed E-state index contributed by atoms with van der Waals surface area (Å²) < 4.78 is 0. The van der Waals surface area contributed by atoms with Crippen LogP contribution in [-0.2, 0) is 19.6 Å². The molecule has 130 valence electrons. The van der Waals surface area contributed by atoms with Gasteiger partial charge in [0.15, 0.2) is 0 Å². The lowest BCUT2D eigenvalue weighted by atomic mass is 10.1. The van der Waals surface area contributed by atoms with Crippen molar-refractivity contribution in [2.45, 2.75) is 26.6 Å². The van der Waals surface area contributed by atoms with E-state index in [2.05, 4.69) is 75.5 Å². The summed E-state index contributed by atoms with van der Waals surface area (Å²) in [6.45, 7) is 4.70. The Bertz CT molecular complexity index is 991. The maximum absolute atomic E-state index is 4.50. The van der Waals surface area contributed by atoms with Gasteiger partial charge >= 0.3 is 0 Å². The van der Waals surface area contributed by atoms with Gasteiger partial charge in [0.05, 0.1) is 17.4 Å². The summed E-state index contributed by atoms with van der Waals surface area (Å²) in [7, 11) is 0. The molecule has 0 bridgehead atoms. The number of hydrogen-bond donors (Lipinski definition) is 1. The molecule has 0 fully saturated rings. The molecule has 0 unspecified atom stereocenters. The van der Waals surface area contributed by atoms with Crippen LogP contribution in [0.15, 0.2) is 73.1 Å². The molecule has 0 aliphatic rings. The lowest BCUT2D eigenvalue weighted by molar-refractivity contribution is 0.245. The maximum atomic E-state index is 4.50. The molecule has 2 aromatic carbocycles. The Kier molecular flexibility index (Phi) is 4.75. The quantitative estimate of drug-likeness (QED) is 0.562. The highest BCUT2D eigenvalue weighted by Crippen LogP contribution is 2.17. The summed E-state index contributed by atoms with van der Waals surface area (Å²) in [5.74, 6) is 0. The predicted molar refractivity (Wildman–Crippen MR) is 104 cm³/mol. The number of benzene rings is 2. The van der Waals surface area contributed by atoms with Crippen LogP contribution >= 0.6 is 0 Å². The SMILES string of the molecule is Cc1cccc(CN(Cc2ccc3cn[nH]c3c2)Cc2ccccn2)c1. The number of aromatic amines is 1. The number of H-pyrrole nitrogens is 1. The number of pyridine rings is 1. The number of aromatic nitrogens is 3. The Balaban J connectivity index is 1.58. The van der Waals surface area contributed by atoms with Gasteiger partial charge in [-0.3, -0.25) is 15.0 Å². The van der Waals surface area contributed by atoms with Crippen LogP contribution < -0.4 is 0 Å². The molecule has 0 aliphatic heterocycles. The minimum absolute atomic E-state index is 0.815. The van der Waals surface area contributed by atoms with Gasteiger partial charge in [-0.05, 0) is 36.2 Å². The van der Waals surface area contributed by atoms with E-state index in [4.69, 9.17) is 0 Å². The molecule has 0 aliphatic carbocycles. The fraction of sp³-hybridized carbons (Fsp3) is 0.182. The van der Waals surface area contributed by atoms with E-state index in [1.807, 2.05) is 24.5 Å². The second kappa shape index (κ2) is 7.50. The monoisotopic (exact) mass is 342 g/mol. The molecule has 1 N–H and O–H groups in total. The molecule has 0 saturated heterocycles. The van der Waals surface area contributed by atoms with E-state index in [1.165, 1.54) is 16.7 Å². The highest BCUT2D eigenvalue weighted by atomic mass is 15.1. The highest BCUT2D eigenvalue weighted by Gasteiger charge is 2.10. The third-order valence-electron chi connectivity index (χ3n) is 4.51. The zero-order valence-electron chi connectivity index (χ0n) is 14.9. The molecule has 4 heteroatoms. The van der Waals surface area contributed by atoms with Gasteiger partial charge in [-0.1, -0.05) is 48.0 Å². The summed E-state index contributed by atoms with van der Waals surface area (Å²) in [4.78, 5) is 6.93. The molecule has 4 rings (SSSR count). The Hall–Kier alpha value is -2.98. The summed E-state index contributed by atoms with van der Waals surface area (Å²) in [5.41, 5.74) is 6.05. The number of rotatable bonds is 6. The number of fused-ring (bicyclic) bond motifs is 1. The first-order valence-electron chi connectivity index (χ1n) is 8.86. The molecule has 26 heavy (non-hydrogen) atoms. The average Bonchev–Trinajstić information content (AvgIpc) is 3.10. The number of hydrogen-bond acceptors (Lipinski definition) is 3. The van der Waals surface area contributed by atoms with E-state index in [0.29, 0.717) is 0 Å². The molecular formula is C22H22N4. The van der Waals surface area contributed by atoms with Crippen molar-refractivity contribution in [3.05, 3.63) is 95.4 Å². The molecule has 0 saturated carbocycles. The number of nitrogens with one attached hydrogen (secondary N) is 1. The maximum Gasteiger partial charge on any atom is 0.0653 e. The molecule has 0 amide bonds. The third kappa shape index (κ3) is 3.98. The van der Waals surface area contributed by atoms with Crippen molar-refractivity contribution in [2.75, 3.05) is 0 Å². The van der Waals surface area contributed by atoms with Gasteiger partial charge in [0, 0.05) is 31.2 Å². The van der Waals surface area contributed by atoms with Crippen LogP contribution in [0.4, 0.5) is 0 Å². The minimum atomic E-state index is 0.815. The summed E-state index contributed by atoms with van der Waals surface area (Å²) in [6.07, 6.45) is 3.72. The van der Waals surface area contributed by atoms with Crippen LogP contribution in [0.3, 0.4) is 0 Å². The first-order valence-corrected chi connectivity index (χ1v) is 8.86. The summed E-state index contributed by atoms with van der Waals surface area (Å²) in [5, 5.41) is 8.32. The zero-order chi connectivity index (χ0) is 17.8. The first kappa shape index (κ1) is 16.5. The standard InChI is InChI=1S/C22H22N4/c1-17-5-4-6-18(11-17)14-26(16-21-7-2-3-10-23-21)15-19-8-9-20-13-24-25-22(20)12-19/h2-13H,14-16H2,1H3,(H,24,25). The highest BCUT2D eigenvalue weighted by molar-refractivity contribution is 5.78. The Labute approximate surface area is 153 Å².